The highest BCUT2D eigenvalue weighted by atomic mass is 35.5. The quantitative estimate of drug-likeness (QED) is 0.775. The van der Waals surface area contributed by atoms with Crippen molar-refractivity contribution in [2.45, 2.75) is 19.9 Å². The molecule has 3 rings (SSSR count). The molecule has 0 aliphatic carbocycles. The normalized spacial score (nSPS) is 11.1. The van der Waals surface area contributed by atoms with E-state index in [1.54, 1.807) is 18.2 Å². The molecule has 0 aliphatic rings. The molecule has 0 unspecified atom stereocenters. The zero-order chi connectivity index (χ0) is 18.1. The van der Waals surface area contributed by atoms with Crippen molar-refractivity contribution in [3.63, 3.8) is 0 Å². The molecule has 0 bridgehead atoms. The van der Waals surface area contributed by atoms with Gasteiger partial charge in [-0.25, -0.2) is 19.0 Å². The van der Waals surface area contributed by atoms with Crippen molar-refractivity contribution in [2.24, 2.45) is 0 Å². The van der Waals surface area contributed by atoms with E-state index in [-0.39, 0.29) is 28.4 Å². The summed E-state index contributed by atoms with van der Waals surface area (Å²) in [5, 5.41) is 4.38. The first kappa shape index (κ1) is 17.0. The minimum atomic E-state index is -0.369. The van der Waals surface area contributed by atoms with E-state index in [1.165, 1.54) is 22.9 Å². The van der Waals surface area contributed by atoms with Gasteiger partial charge in [0.25, 0.3) is 5.56 Å². The molecule has 6 nitrogen and oxygen atoms in total. The molecule has 0 amide bonds. The lowest BCUT2D eigenvalue weighted by molar-refractivity contribution is 0.504. The number of nitrogens with zero attached hydrogens (tertiary/aromatic N) is 4. The third kappa shape index (κ3) is 3.36. The van der Waals surface area contributed by atoms with Crippen LogP contribution in [0.15, 0.2) is 41.2 Å². The lowest BCUT2D eigenvalue weighted by Crippen LogP contribution is -2.24. The summed E-state index contributed by atoms with van der Waals surface area (Å²) >= 11 is 6.03. The number of hydrogen-bond donors (Lipinski definition) is 1. The average Bonchev–Trinajstić information content (AvgIpc) is 2.58. The molecule has 8 heteroatoms. The van der Waals surface area contributed by atoms with Crippen LogP contribution < -0.4 is 11.3 Å². The van der Waals surface area contributed by atoms with Crippen LogP contribution in [0.2, 0.25) is 5.15 Å². The highest BCUT2D eigenvalue weighted by Crippen LogP contribution is 2.31. The number of anilines is 1. The fourth-order valence-electron chi connectivity index (χ4n) is 2.34. The molecule has 0 spiro atoms. The van der Waals surface area contributed by atoms with Crippen molar-refractivity contribution in [2.75, 3.05) is 5.73 Å². The molecule has 2 aromatic heterocycles. The molecular weight excluding hydrogens is 345 g/mol. The van der Waals surface area contributed by atoms with E-state index in [4.69, 9.17) is 17.3 Å². The van der Waals surface area contributed by atoms with Crippen LogP contribution in [-0.4, -0.2) is 19.7 Å². The molecule has 0 radical (unpaired) electrons. The van der Waals surface area contributed by atoms with Gasteiger partial charge in [-0.3, -0.25) is 4.79 Å². The van der Waals surface area contributed by atoms with E-state index in [9.17, 15) is 9.18 Å². The summed E-state index contributed by atoms with van der Waals surface area (Å²) in [4.78, 5) is 20.5. The highest BCUT2D eigenvalue weighted by molar-refractivity contribution is 6.31. The van der Waals surface area contributed by atoms with Crippen LogP contribution in [0.5, 0.6) is 0 Å². The fraction of sp³-hybridized carbons (Fsp3) is 0.176. The average molecular weight is 360 g/mol. The Hall–Kier alpha value is -2.80. The first-order chi connectivity index (χ1) is 11.9. The van der Waals surface area contributed by atoms with E-state index in [0.29, 0.717) is 22.6 Å². The lowest BCUT2D eigenvalue weighted by Gasteiger charge is -2.13. The molecule has 2 heterocycles. The summed E-state index contributed by atoms with van der Waals surface area (Å²) in [5.74, 6) is -0.311. The lowest BCUT2D eigenvalue weighted by atomic mass is 10.1. The van der Waals surface area contributed by atoms with Crippen LogP contribution in [-0.2, 0) is 0 Å². The standard InChI is InChI=1S/C17H15ClFN5O/c1-9(2)24-13(25)8-7-12(23-24)15-14(22-17(20)16(18)21-15)10-3-5-11(19)6-4-10/h3-9H,1-2H3,(H2,20,22). The third-order valence-corrected chi connectivity index (χ3v) is 3.83. The first-order valence-electron chi connectivity index (χ1n) is 7.56. The zero-order valence-electron chi connectivity index (χ0n) is 13.6. The highest BCUT2D eigenvalue weighted by Gasteiger charge is 2.17. The van der Waals surface area contributed by atoms with Gasteiger partial charge in [0.1, 0.15) is 22.9 Å². The molecule has 3 aromatic rings. The van der Waals surface area contributed by atoms with Crippen molar-refractivity contribution in [3.05, 3.63) is 57.7 Å². The SMILES string of the molecule is CC(C)n1nc(-c2nc(Cl)c(N)nc2-c2ccc(F)cc2)ccc1=O. The van der Waals surface area contributed by atoms with Crippen LogP contribution in [0, 0.1) is 5.82 Å². The monoisotopic (exact) mass is 359 g/mol. The minimum Gasteiger partial charge on any atom is -0.381 e. The summed E-state index contributed by atoms with van der Waals surface area (Å²) in [6.45, 7) is 3.70. The van der Waals surface area contributed by atoms with Gasteiger partial charge in [0.05, 0.1) is 6.04 Å². The maximum Gasteiger partial charge on any atom is 0.267 e. The van der Waals surface area contributed by atoms with Crippen molar-refractivity contribution < 1.29 is 4.39 Å². The number of nitrogen functional groups attached to an aromatic ring is 1. The molecule has 0 saturated heterocycles. The Kier molecular flexibility index (Phi) is 4.50. The third-order valence-electron chi connectivity index (χ3n) is 3.55. The second kappa shape index (κ2) is 6.60. The number of halogens is 2. The Bertz CT molecular complexity index is 985. The number of nitrogens with two attached hydrogens (primary N) is 1. The molecule has 0 atom stereocenters. The van der Waals surface area contributed by atoms with E-state index >= 15 is 0 Å². The Morgan fingerprint density at radius 1 is 1.08 bits per heavy atom. The topological polar surface area (TPSA) is 86.7 Å². The van der Waals surface area contributed by atoms with Gasteiger partial charge in [-0.15, -0.1) is 0 Å². The minimum absolute atomic E-state index is 0.0324. The van der Waals surface area contributed by atoms with Gasteiger partial charge in [-0.2, -0.15) is 5.10 Å². The molecule has 1 aromatic carbocycles. The van der Waals surface area contributed by atoms with Gasteiger partial charge in [-0.05, 0) is 44.2 Å². The summed E-state index contributed by atoms with van der Waals surface area (Å²) in [7, 11) is 0. The predicted octanol–water partition coefficient (Wildman–Crippen LogP) is 3.32. The van der Waals surface area contributed by atoms with Crippen LogP contribution in [0.1, 0.15) is 19.9 Å². The summed E-state index contributed by atoms with van der Waals surface area (Å²) in [6, 6.07) is 8.58. The van der Waals surface area contributed by atoms with E-state index in [2.05, 4.69) is 15.1 Å². The Balaban J connectivity index is 2.25. The fourth-order valence-corrected chi connectivity index (χ4v) is 2.46. The van der Waals surface area contributed by atoms with Crippen LogP contribution in [0.4, 0.5) is 10.2 Å². The van der Waals surface area contributed by atoms with Crippen molar-refractivity contribution in [1.29, 1.82) is 0 Å². The van der Waals surface area contributed by atoms with E-state index < -0.39 is 0 Å². The van der Waals surface area contributed by atoms with Crippen LogP contribution in [0.3, 0.4) is 0 Å². The maximum atomic E-state index is 13.2. The van der Waals surface area contributed by atoms with Crippen LogP contribution in [0.25, 0.3) is 22.6 Å². The van der Waals surface area contributed by atoms with E-state index in [1.807, 2.05) is 13.8 Å². The molecule has 0 saturated carbocycles. The summed E-state index contributed by atoms with van der Waals surface area (Å²) < 4.78 is 14.6. The molecular formula is C17H15ClFN5O. The van der Waals surface area contributed by atoms with Crippen molar-refractivity contribution >= 4 is 17.4 Å². The van der Waals surface area contributed by atoms with Crippen LogP contribution >= 0.6 is 11.6 Å². The number of aromatic nitrogens is 4. The summed E-state index contributed by atoms with van der Waals surface area (Å²) in [6.07, 6.45) is 0. The second-order valence-corrected chi connectivity index (χ2v) is 6.06. The second-order valence-electron chi connectivity index (χ2n) is 5.70. The van der Waals surface area contributed by atoms with Crippen molar-refractivity contribution in [1.82, 2.24) is 19.7 Å². The number of hydrogen-bond acceptors (Lipinski definition) is 5. The maximum absolute atomic E-state index is 13.2. The summed E-state index contributed by atoms with van der Waals surface area (Å²) in [5.41, 5.74) is 7.35. The number of rotatable bonds is 3. The van der Waals surface area contributed by atoms with Gasteiger partial charge in [-0.1, -0.05) is 11.6 Å². The predicted molar refractivity (Wildman–Crippen MR) is 94.7 cm³/mol. The van der Waals surface area contributed by atoms with Gasteiger partial charge >= 0.3 is 0 Å². The number of benzene rings is 1. The van der Waals surface area contributed by atoms with Gasteiger partial charge in [0, 0.05) is 11.6 Å². The Morgan fingerprint density at radius 3 is 2.40 bits per heavy atom. The first-order valence-corrected chi connectivity index (χ1v) is 7.94. The van der Waals surface area contributed by atoms with Gasteiger partial charge < -0.3 is 5.73 Å². The smallest absolute Gasteiger partial charge is 0.267 e. The Morgan fingerprint density at radius 2 is 1.76 bits per heavy atom. The van der Waals surface area contributed by atoms with Crippen molar-refractivity contribution in [3.8, 4) is 22.6 Å². The van der Waals surface area contributed by atoms with Gasteiger partial charge in [0.2, 0.25) is 0 Å². The Labute approximate surface area is 148 Å². The largest absolute Gasteiger partial charge is 0.381 e. The van der Waals surface area contributed by atoms with Gasteiger partial charge in [0.15, 0.2) is 11.0 Å². The molecule has 128 valence electrons. The molecule has 2 N–H and O–H groups in total. The molecule has 25 heavy (non-hydrogen) atoms. The van der Waals surface area contributed by atoms with E-state index in [0.717, 1.165) is 0 Å². The zero-order valence-corrected chi connectivity index (χ0v) is 14.3. The molecule has 0 fully saturated rings. The molecule has 0 aliphatic heterocycles.